The number of hydrogen-bond acceptors (Lipinski definition) is 27. The number of amides is 5. The van der Waals surface area contributed by atoms with Gasteiger partial charge in [-0.1, -0.05) is 121 Å². The number of aryl methyl sites for hydroxylation is 2. The van der Waals surface area contributed by atoms with E-state index in [1.165, 1.54) is 34.0 Å². The van der Waals surface area contributed by atoms with Gasteiger partial charge in [0.05, 0.1) is 35.0 Å². The summed E-state index contributed by atoms with van der Waals surface area (Å²) in [7, 11) is 4.88. The number of alkyl halides is 1. The summed E-state index contributed by atoms with van der Waals surface area (Å²) in [6.45, 7) is 23.3. The van der Waals surface area contributed by atoms with Gasteiger partial charge in [-0.3, -0.25) is 9.59 Å². The van der Waals surface area contributed by atoms with Crippen LogP contribution in [0.3, 0.4) is 0 Å². The van der Waals surface area contributed by atoms with Crippen LogP contribution in [0.4, 0.5) is 24.0 Å². The lowest BCUT2D eigenvalue weighted by Gasteiger charge is -2.22. The molecule has 0 aliphatic carbocycles. The van der Waals surface area contributed by atoms with Gasteiger partial charge >= 0.3 is 60.3 Å². The number of phenols is 1. The molecule has 0 bridgehead atoms. The third-order valence-corrected chi connectivity index (χ3v) is 13.8. The average molecular weight is 1770 g/mol. The van der Waals surface area contributed by atoms with Gasteiger partial charge in [0.25, 0.3) is 0 Å². The number of benzene rings is 4. The number of hydrogen-bond donors (Lipinski definition) is 13. The fourth-order valence-electron chi connectivity index (χ4n) is 7.98. The maximum Gasteiger partial charge on any atom is 0.408 e. The molecule has 4 aromatic rings. The predicted molar refractivity (Wildman–Crippen MR) is 449 cm³/mol. The Morgan fingerprint density at radius 3 is 1.08 bits per heavy atom. The smallest absolute Gasteiger partial charge is 0.408 e. The Balaban J connectivity index is -0.000000448. The molecule has 662 valence electrons. The van der Waals surface area contributed by atoms with Crippen LogP contribution in [-0.2, 0) is 92.7 Å². The van der Waals surface area contributed by atoms with Crippen LogP contribution < -0.4 is 42.8 Å². The fraction of sp³-hybridized carbons (Fsp3) is 0.570. The minimum absolute atomic E-state index is 0. The third kappa shape index (κ3) is 71.7. The molecule has 0 saturated carbocycles. The number of halogens is 3. The Labute approximate surface area is 703 Å². The number of carbonyl (C=O) groups is 10. The van der Waals surface area contributed by atoms with Crippen LogP contribution in [-0.4, -0.2) is 226 Å². The van der Waals surface area contributed by atoms with Crippen molar-refractivity contribution in [3.8, 4) is 11.5 Å². The van der Waals surface area contributed by atoms with Crippen LogP contribution in [0.25, 0.3) is 0 Å². The first-order valence-electron chi connectivity index (χ1n) is 36.8. The van der Waals surface area contributed by atoms with Crippen LogP contribution in [0.1, 0.15) is 142 Å². The zero-order valence-corrected chi connectivity index (χ0v) is 74.2. The molecule has 5 atom stereocenters. The van der Waals surface area contributed by atoms with Crippen molar-refractivity contribution in [2.45, 2.75) is 213 Å². The number of aliphatic carboxylic acids is 1. The highest BCUT2D eigenvalue weighted by Crippen LogP contribution is 2.17. The van der Waals surface area contributed by atoms with Gasteiger partial charge in [-0.05, 0) is 167 Å². The number of esters is 4. The molecule has 0 aromatic heterocycles. The summed E-state index contributed by atoms with van der Waals surface area (Å²) in [5.41, 5.74) is 12.5. The van der Waals surface area contributed by atoms with E-state index in [9.17, 15) is 53.1 Å². The number of aromatic hydroxyl groups is 1. The van der Waals surface area contributed by atoms with Gasteiger partial charge in [-0.15, -0.1) is 12.4 Å². The highest BCUT2D eigenvalue weighted by Gasteiger charge is 2.28. The van der Waals surface area contributed by atoms with Crippen molar-refractivity contribution in [2.75, 3.05) is 80.4 Å². The molecule has 4 aromatic carbocycles. The summed E-state index contributed by atoms with van der Waals surface area (Å²) >= 11 is 8.87. The van der Waals surface area contributed by atoms with Gasteiger partial charge in [0.15, 0.2) is 0 Å². The minimum Gasteiger partial charge on any atom is -0.508 e. The zero-order valence-electron chi connectivity index (χ0n) is 70.1. The summed E-state index contributed by atoms with van der Waals surface area (Å²) in [5.74, 6) is -2.27. The van der Waals surface area contributed by atoms with E-state index in [2.05, 4.69) is 76.4 Å². The second-order valence-electron chi connectivity index (χ2n) is 28.2. The maximum atomic E-state index is 12.0. The summed E-state index contributed by atoms with van der Waals surface area (Å²) in [6, 6.07) is 30.0. The predicted octanol–water partition coefficient (Wildman–Crippen LogP) is 10.4. The number of nitrogens with two attached hydrogens (primary N) is 2. The number of alkyl carbamates (subject to hydrolysis) is 5. The molecule has 5 unspecified atom stereocenters. The van der Waals surface area contributed by atoms with Gasteiger partial charge in [-0.2, -0.15) is 11.1 Å². The number of ether oxygens (including phenoxy) is 10. The summed E-state index contributed by atoms with van der Waals surface area (Å²) in [6.07, 6.45) is 3.74. The molecule has 0 spiro atoms. The molecule has 37 heteroatoms. The van der Waals surface area contributed by atoms with E-state index in [0.29, 0.717) is 37.2 Å². The fourth-order valence-corrected chi connectivity index (χ4v) is 8.44. The van der Waals surface area contributed by atoms with Crippen molar-refractivity contribution in [2.24, 2.45) is 11.5 Å². The molecule has 116 heavy (non-hydrogen) atoms. The number of carboxylic acid groups (broad SMARTS) is 1. The molecule has 0 aliphatic rings. The number of carbonyl (C=O) groups excluding carboxylic acids is 9. The highest BCUT2D eigenvalue weighted by atomic mass is 79.9. The van der Waals surface area contributed by atoms with Crippen LogP contribution in [0.15, 0.2) is 109 Å². The topological polar surface area (TPSA) is 497 Å². The molecule has 33 nitrogen and oxygen atoms in total. The van der Waals surface area contributed by atoms with E-state index in [1.54, 1.807) is 74.4 Å². The van der Waals surface area contributed by atoms with Gasteiger partial charge < -0.3 is 116 Å². The number of aliphatic hydroxyl groups excluding tert-OH is 4. The Morgan fingerprint density at radius 2 is 0.776 bits per heavy atom. The zero-order chi connectivity index (χ0) is 88.6. The summed E-state index contributed by atoms with van der Waals surface area (Å²) in [4.78, 5) is 113. The Bertz CT molecular complexity index is 3230. The largest absolute Gasteiger partial charge is 0.508 e. The van der Waals surface area contributed by atoms with Crippen molar-refractivity contribution in [3.63, 3.8) is 0 Å². The quantitative estimate of drug-likeness (QED) is 0.00516. The van der Waals surface area contributed by atoms with E-state index in [1.807, 2.05) is 97.1 Å². The van der Waals surface area contributed by atoms with Gasteiger partial charge in [0.2, 0.25) is 0 Å². The minimum atomic E-state index is -1.14. The molecular formula is C79H130BrCl2N7O26Si. The van der Waals surface area contributed by atoms with Crippen molar-refractivity contribution in [1.29, 1.82) is 0 Å². The standard InChI is InChI=1S/C28H38N2O7.C18H21NO3.C10H18BrNO4.C10H19NO5.C5H11NO3.C4H9NO3.C3H9ClSi.CH4O.ClH/c1-28(2,3)37-27(33)30-24(25(31)34-4)17-19-35-23-15-13-21(14-16-23)10-8-9-18-29-26(32)36-20-22-11-6-5-7-12-22;20-17-11-9-15(10-12-17)6-4-5-13-19-18(21)22-14-16-7-2-1-3-8-16;1-10(2,3)16-9(14)12-7(5-6-11)8(13)15-4;1-10(2,3)16-9(14)11-7(5-6-12)8(13)15-4;1-9-5(8)4(6)2-3-7;5-3(1-2-6)4(7)8;1-5(2,3)4;1-2;/h5-7,11-16,24H,8-10,17-20H2,1-4H3,(H,29,32)(H,30,33);1-3,7-12,20H,4-6,13-14H2,(H,19,21);7H,5-6H2,1-4H3,(H,12,14);7,12H,5-6H2,1-4H3,(H,11,14);4,7H,2-3,6H2,1H3;3,6H,1-2,5H2,(H,7,8);1-3H3;2H,1H3;1H. The van der Waals surface area contributed by atoms with E-state index in [0.717, 1.165) is 62.3 Å². The molecule has 5 amide bonds. The van der Waals surface area contributed by atoms with Gasteiger partial charge in [0.1, 0.15) is 79.1 Å². The van der Waals surface area contributed by atoms with E-state index in [4.69, 9.17) is 81.2 Å². The molecular weight excluding hydrogens is 1640 g/mol. The Hall–Kier alpha value is -8.78. The van der Waals surface area contributed by atoms with Crippen molar-refractivity contribution in [1.82, 2.24) is 26.6 Å². The van der Waals surface area contributed by atoms with E-state index < -0.39 is 109 Å². The first kappa shape index (κ1) is 116. The number of nitrogens with one attached hydrogen (secondary N) is 5. The summed E-state index contributed by atoms with van der Waals surface area (Å²) < 4.78 is 49.4. The highest BCUT2D eigenvalue weighted by molar-refractivity contribution is 9.09. The van der Waals surface area contributed by atoms with Crippen molar-refractivity contribution < 1.29 is 126 Å². The summed E-state index contributed by atoms with van der Waals surface area (Å²) in [5, 5.41) is 62.9. The van der Waals surface area contributed by atoms with Crippen LogP contribution in [0, 0.1) is 0 Å². The molecule has 0 radical (unpaired) electrons. The normalized spacial score (nSPS) is 11.7. The van der Waals surface area contributed by atoms with Crippen LogP contribution in [0.5, 0.6) is 11.5 Å². The lowest BCUT2D eigenvalue weighted by atomic mass is 10.1. The SMILES string of the molecule is CO.COC(=O)C(CCBr)NC(=O)OC(C)(C)C.COC(=O)C(CCO)NC(=O)OC(C)(C)C.COC(=O)C(CCOc1ccc(CCCCNC(=O)OCc2ccccc2)cc1)NC(=O)OC(C)(C)C.COC(=O)C(N)CCO.C[Si](C)(C)Cl.Cl.NC(CCO)C(=O)O.O=C(NCCCCc1ccc(O)cc1)OCc1ccccc1. The molecule has 0 saturated heterocycles. The number of methoxy groups -OCH3 is 4. The third-order valence-electron chi connectivity index (χ3n) is 13.3. The number of carboxylic acids is 1. The molecule has 4 rings (SSSR count). The number of rotatable bonds is 34. The van der Waals surface area contributed by atoms with Crippen LogP contribution in [0.2, 0.25) is 19.6 Å². The molecule has 0 aliphatic heterocycles. The van der Waals surface area contributed by atoms with Crippen molar-refractivity contribution >= 4 is 107 Å². The first-order valence-corrected chi connectivity index (χ1v) is 42.5. The van der Waals surface area contributed by atoms with E-state index in [-0.39, 0.29) is 83.0 Å². The molecule has 0 fully saturated rings. The maximum absolute atomic E-state index is 12.0. The molecule has 15 N–H and O–H groups in total. The number of phenolic OH excluding ortho intramolecular Hbond substituents is 1. The number of unbranched alkanes of at least 4 members (excludes halogenated alkanes) is 2. The monoisotopic (exact) mass is 1770 g/mol. The van der Waals surface area contributed by atoms with Gasteiger partial charge in [-0.25, -0.2) is 38.4 Å². The Kier molecular flexibility index (Phi) is 68.2. The lowest BCUT2D eigenvalue weighted by Crippen LogP contribution is -2.44. The molecule has 0 heterocycles. The van der Waals surface area contributed by atoms with Crippen LogP contribution >= 0.6 is 39.4 Å². The second-order valence-corrected chi connectivity index (χ2v) is 36.5. The van der Waals surface area contributed by atoms with Gasteiger partial charge in [0, 0.05) is 58.2 Å². The number of aliphatic hydroxyl groups is 4. The Morgan fingerprint density at radius 1 is 0.457 bits per heavy atom. The van der Waals surface area contributed by atoms with Crippen molar-refractivity contribution in [3.05, 3.63) is 131 Å². The lowest BCUT2D eigenvalue weighted by molar-refractivity contribution is -0.144. The van der Waals surface area contributed by atoms with E-state index >= 15 is 0 Å². The first-order chi connectivity index (χ1) is 53.9. The second kappa shape index (κ2) is 68.3. The average Bonchev–Trinajstić information content (AvgIpc) is 0.910.